The number of likely N-dealkylation sites (tertiary alicyclic amines) is 1. The molecule has 1 fully saturated rings. The molecule has 0 saturated carbocycles. The van der Waals surface area contributed by atoms with Gasteiger partial charge in [0.2, 0.25) is 0 Å². The van der Waals surface area contributed by atoms with Gasteiger partial charge in [0, 0.05) is 26.6 Å². The molecule has 1 saturated heterocycles. The predicted octanol–water partition coefficient (Wildman–Crippen LogP) is 1.91. The van der Waals surface area contributed by atoms with E-state index >= 15 is 0 Å². The summed E-state index contributed by atoms with van der Waals surface area (Å²) >= 11 is 0. The molecular weight excluding hydrogens is 136 g/mol. The van der Waals surface area contributed by atoms with E-state index in [-0.39, 0.29) is 0 Å². The molecule has 64 valence electrons. The highest BCUT2D eigenvalue weighted by Crippen LogP contribution is 2.11. The molecule has 0 N–H and O–H groups in total. The molecule has 1 aliphatic rings. The van der Waals surface area contributed by atoms with Crippen LogP contribution >= 0.6 is 0 Å². The van der Waals surface area contributed by atoms with Gasteiger partial charge in [-0.25, -0.2) is 0 Å². The highest BCUT2D eigenvalue weighted by atomic mass is 15.2. The number of amidine groups is 1. The van der Waals surface area contributed by atoms with Crippen LogP contribution in [0.5, 0.6) is 0 Å². The average Bonchev–Trinajstić information content (AvgIpc) is 2.27. The van der Waals surface area contributed by atoms with Crippen molar-refractivity contribution >= 4 is 5.84 Å². The normalized spacial score (nSPS) is 23.8. The maximum absolute atomic E-state index is 4.30. The first-order chi connectivity index (χ1) is 5.38. The molecule has 11 heavy (non-hydrogen) atoms. The molecule has 1 heterocycles. The second kappa shape index (κ2) is 4.37. The molecule has 0 amide bonds. The zero-order chi connectivity index (χ0) is 8.10. The Morgan fingerprint density at radius 2 is 2.18 bits per heavy atom. The van der Waals surface area contributed by atoms with Crippen LogP contribution in [0.15, 0.2) is 4.99 Å². The first kappa shape index (κ1) is 8.57. The smallest absolute Gasteiger partial charge is 0.0985 e. The third kappa shape index (κ3) is 2.21. The molecule has 0 aromatic carbocycles. The van der Waals surface area contributed by atoms with Gasteiger partial charge in [0.05, 0.1) is 5.84 Å². The molecule has 0 aliphatic carbocycles. The van der Waals surface area contributed by atoms with E-state index < -0.39 is 0 Å². The Balaban J connectivity index is 2.55. The standard InChI is InChI=1S/C9H18N2/c1-3-11-8-6-4-5-7-9(11)10-2/h3-8H2,1-2H3/b10-9-. The monoisotopic (exact) mass is 154 g/mol. The lowest BCUT2D eigenvalue weighted by Crippen LogP contribution is -2.30. The van der Waals surface area contributed by atoms with Crippen LogP contribution < -0.4 is 0 Å². The molecule has 0 atom stereocenters. The van der Waals surface area contributed by atoms with Crippen LogP contribution in [0.4, 0.5) is 0 Å². The zero-order valence-corrected chi connectivity index (χ0v) is 7.64. The summed E-state index contributed by atoms with van der Waals surface area (Å²) in [5, 5.41) is 0. The van der Waals surface area contributed by atoms with Gasteiger partial charge in [0.15, 0.2) is 0 Å². The quantitative estimate of drug-likeness (QED) is 0.563. The molecule has 1 aliphatic heterocycles. The summed E-state index contributed by atoms with van der Waals surface area (Å²) in [7, 11) is 1.91. The Labute approximate surface area is 69.3 Å². The molecule has 1 rings (SSSR count). The maximum Gasteiger partial charge on any atom is 0.0985 e. The summed E-state index contributed by atoms with van der Waals surface area (Å²) in [5.74, 6) is 1.31. The Morgan fingerprint density at radius 1 is 1.36 bits per heavy atom. The summed E-state index contributed by atoms with van der Waals surface area (Å²) in [4.78, 5) is 6.70. The van der Waals surface area contributed by atoms with Crippen LogP contribution in [0.1, 0.15) is 32.6 Å². The first-order valence-electron chi connectivity index (χ1n) is 4.59. The number of aliphatic imine (C=N–C) groups is 1. The van der Waals surface area contributed by atoms with Gasteiger partial charge in [0.25, 0.3) is 0 Å². The summed E-state index contributed by atoms with van der Waals surface area (Å²) in [6.45, 7) is 4.53. The minimum Gasteiger partial charge on any atom is -0.361 e. The lowest BCUT2D eigenvalue weighted by Gasteiger charge is -2.21. The van der Waals surface area contributed by atoms with Crippen LogP contribution in [-0.4, -0.2) is 30.9 Å². The maximum atomic E-state index is 4.30. The van der Waals surface area contributed by atoms with Crippen LogP contribution in [-0.2, 0) is 0 Å². The largest absolute Gasteiger partial charge is 0.361 e. The molecule has 2 heteroatoms. The molecule has 2 nitrogen and oxygen atoms in total. The minimum absolute atomic E-state index is 1.12. The van der Waals surface area contributed by atoms with Crippen molar-refractivity contribution in [3.63, 3.8) is 0 Å². The van der Waals surface area contributed by atoms with E-state index in [9.17, 15) is 0 Å². The van der Waals surface area contributed by atoms with Crippen molar-refractivity contribution in [2.45, 2.75) is 32.6 Å². The molecule has 0 aromatic heterocycles. The van der Waals surface area contributed by atoms with Gasteiger partial charge >= 0.3 is 0 Å². The van der Waals surface area contributed by atoms with Crippen molar-refractivity contribution in [1.29, 1.82) is 0 Å². The van der Waals surface area contributed by atoms with E-state index in [0.717, 1.165) is 6.54 Å². The van der Waals surface area contributed by atoms with Crippen molar-refractivity contribution in [3.05, 3.63) is 0 Å². The first-order valence-corrected chi connectivity index (χ1v) is 4.59. The highest BCUT2D eigenvalue weighted by Gasteiger charge is 2.11. The molecule has 0 aromatic rings. The lowest BCUT2D eigenvalue weighted by atomic mass is 10.2. The van der Waals surface area contributed by atoms with Crippen molar-refractivity contribution in [3.8, 4) is 0 Å². The minimum atomic E-state index is 1.12. The van der Waals surface area contributed by atoms with E-state index in [1.165, 1.54) is 38.1 Å². The van der Waals surface area contributed by atoms with Crippen LogP contribution in [0.3, 0.4) is 0 Å². The van der Waals surface area contributed by atoms with Gasteiger partial charge in [0.1, 0.15) is 0 Å². The number of hydrogen-bond donors (Lipinski definition) is 0. The third-order valence-corrected chi connectivity index (χ3v) is 2.33. The Bertz CT molecular complexity index is 140. The van der Waals surface area contributed by atoms with Crippen molar-refractivity contribution < 1.29 is 0 Å². The SMILES string of the molecule is CCN1CCCCC/C1=N/C. The fourth-order valence-electron chi connectivity index (χ4n) is 1.64. The predicted molar refractivity (Wildman–Crippen MR) is 49.1 cm³/mol. The van der Waals surface area contributed by atoms with Gasteiger partial charge < -0.3 is 4.90 Å². The Morgan fingerprint density at radius 3 is 2.82 bits per heavy atom. The molecule has 0 bridgehead atoms. The second-order valence-electron chi connectivity index (χ2n) is 3.03. The van der Waals surface area contributed by atoms with E-state index in [1.54, 1.807) is 0 Å². The number of nitrogens with zero attached hydrogens (tertiary/aromatic N) is 2. The summed E-state index contributed by atoms with van der Waals surface area (Å²) in [6, 6.07) is 0. The summed E-state index contributed by atoms with van der Waals surface area (Å²) < 4.78 is 0. The molecule has 0 spiro atoms. The van der Waals surface area contributed by atoms with Gasteiger partial charge in [-0.15, -0.1) is 0 Å². The number of rotatable bonds is 1. The molecule has 0 unspecified atom stereocenters. The third-order valence-electron chi connectivity index (χ3n) is 2.33. The highest BCUT2D eigenvalue weighted by molar-refractivity contribution is 5.82. The van der Waals surface area contributed by atoms with E-state index in [2.05, 4.69) is 16.8 Å². The Hall–Kier alpha value is -0.530. The van der Waals surface area contributed by atoms with Crippen molar-refractivity contribution in [1.82, 2.24) is 4.90 Å². The van der Waals surface area contributed by atoms with Crippen LogP contribution in [0.2, 0.25) is 0 Å². The van der Waals surface area contributed by atoms with Gasteiger partial charge in [-0.1, -0.05) is 6.42 Å². The topological polar surface area (TPSA) is 15.6 Å². The van der Waals surface area contributed by atoms with E-state index in [4.69, 9.17) is 0 Å². The van der Waals surface area contributed by atoms with Crippen molar-refractivity contribution in [2.75, 3.05) is 20.1 Å². The summed E-state index contributed by atoms with van der Waals surface area (Å²) in [6.07, 6.45) is 5.22. The lowest BCUT2D eigenvalue weighted by molar-refractivity contribution is 0.435. The average molecular weight is 154 g/mol. The van der Waals surface area contributed by atoms with Crippen molar-refractivity contribution in [2.24, 2.45) is 4.99 Å². The second-order valence-corrected chi connectivity index (χ2v) is 3.03. The van der Waals surface area contributed by atoms with Crippen LogP contribution in [0.25, 0.3) is 0 Å². The Kier molecular flexibility index (Phi) is 3.40. The van der Waals surface area contributed by atoms with Gasteiger partial charge in [-0.05, 0) is 19.8 Å². The number of hydrogen-bond acceptors (Lipinski definition) is 1. The zero-order valence-electron chi connectivity index (χ0n) is 7.64. The van der Waals surface area contributed by atoms with Crippen LogP contribution in [0, 0.1) is 0 Å². The van der Waals surface area contributed by atoms with Gasteiger partial charge in [-0.2, -0.15) is 0 Å². The summed E-state index contributed by atoms with van der Waals surface area (Å²) in [5.41, 5.74) is 0. The van der Waals surface area contributed by atoms with Gasteiger partial charge in [-0.3, -0.25) is 4.99 Å². The molecule has 0 radical (unpaired) electrons. The van der Waals surface area contributed by atoms with E-state index in [1.807, 2.05) is 7.05 Å². The van der Waals surface area contributed by atoms with E-state index in [0.29, 0.717) is 0 Å². The fraction of sp³-hybridized carbons (Fsp3) is 0.889. The fourth-order valence-corrected chi connectivity index (χ4v) is 1.64. The molecular formula is C9H18N2.